The first-order chi connectivity index (χ1) is 10.7. The number of amides is 1. The molecule has 0 bridgehead atoms. The molecule has 5 heteroatoms. The van der Waals surface area contributed by atoms with Crippen LogP contribution in [0.1, 0.15) is 23.6 Å². The van der Waals surface area contributed by atoms with Crippen molar-refractivity contribution in [3.63, 3.8) is 0 Å². The SMILES string of the molecule is O=C1C[C@@H](c2ccccc2)N(C(=O)OCc2ccccc2)O1. The van der Waals surface area contributed by atoms with Gasteiger partial charge < -0.3 is 9.57 Å². The fourth-order valence-corrected chi connectivity index (χ4v) is 2.33. The predicted molar refractivity (Wildman–Crippen MR) is 78.4 cm³/mol. The highest BCUT2D eigenvalue weighted by atomic mass is 16.8. The Kier molecular flexibility index (Phi) is 4.05. The number of benzene rings is 2. The lowest BCUT2D eigenvalue weighted by Crippen LogP contribution is -2.30. The van der Waals surface area contributed by atoms with Crippen LogP contribution in [0.3, 0.4) is 0 Å². The van der Waals surface area contributed by atoms with Crippen molar-refractivity contribution in [2.45, 2.75) is 19.1 Å². The summed E-state index contributed by atoms with van der Waals surface area (Å²) in [5, 5.41) is 1.01. The molecule has 1 heterocycles. The second kappa shape index (κ2) is 6.30. The Morgan fingerprint density at radius 2 is 1.73 bits per heavy atom. The molecule has 0 radical (unpaired) electrons. The van der Waals surface area contributed by atoms with Crippen molar-refractivity contribution in [2.24, 2.45) is 0 Å². The lowest BCUT2D eigenvalue weighted by Gasteiger charge is -2.20. The zero-order valence-corrected chi connectivity index (χ0v) is 11.8. The standard InChI is InChI=1S/C17H15NO4/c19-16-11-15(14-9-5-2-6-10-14)18(22-16)17(20)21-12-13-7-3-1-4-8-13/h1-10,15H,11-12H2/t15-/m0/s1. The van der Waals surface area contributed by atoms with Gasteiger partial charge in [-0.15, -0.1) is 5.06 Å². The summed E-state index contributed by atoms with van der Waals surface area (Å²) >= 11 is 0. The molecule has 1 fully saturated rings. The molecule has 22 heavy (non-hydrogen) atoms. The number of rotatable bonds is 3. The molecule has 0 spiro atoms. The molecule has 2 aromatic carbocycles. The molecule has 0 aromatic heterocycles. The summed E-state index contributed by atoms with van der Waals surface area (Å²) in [6.45, 7) is 0.134. The van der Waals surface area contributed by atoms with E-state index in [4.69, 9.17) is 9.57 Å². The van der Waals surface area contributed by atoms with Gasteiger partial charge in [0.25, 0.3) is 0 Å². The van der Waals surface area contributed by atoms with Crippen molar-refractivity contribution < 1.29 is 19.2 Å². The molecular formula is C17H15NO4. The summed E-state index contributed by atoms with van der Waals surface area (Å²) in [4.78, 5) is 28.7. The highest BCUT2D eigenvalue weighted by Crippen LogP contribution is 2.31. The number of ether oxygens (including phenoxy) is 1. The summed E-state index contributed by atoms with van der Waals surface area (Å²) in [5.41, 5.74) is 1.71. The molecule has 1 aliphatic heterocycles. The Bertz CT molecular complexity index is 657. The summed E-state index contributed by atoms with van der Waals surface area (Å²) in [7, 11) is 0. The van der Waals surface area contributed by atoms with Gasteiger partial charge in [0.1, 0.15) is 12.6 Å². The topological polar surface area (TPSA) is 55.8 Å². The van der Waals surface area contributed by atoms with E-state index in [-0.39, 0.29) is 13.0 Å². The van der Waals surface area contributed by atoms with Gasteiger partial charge in [-0.05, 0) is 11.1 Å². The van der Waals surface area contributed by atoms with Crippen LogP contribution in [0, 0.1) is 0 Å². The zero-order valence-electron chi connectivity index (χ0n) is 11.8. The zero-order chi connectivity index (χ0) is 15.4. The molecule has 1 aliphatic rings. The number of hydrogen-bond donors (Lipinski definition) is 0. The minimum Gasteiger partial charge on any atom is -0.442 e. The largest absolute Gasteiger partial charge is 0.444 e. The van der Waals surface area contributed by atoms with E-state index in [1.54, 1.807) is 0 Å². The summed E-state index contributed by atoms with van der Waals surface area (Å²) in [6.07, 6.45) is -0.534. The van der Waals surface area contributed by atoms with Gasteiger partial charge in [0, 0.05) is 0 Å². The van der Waals surface area contributed by atoms with Crippen LogP contribution in [0.5, 0.6) is 0 Å². The van der Waals surface area contributed by atoms with Crippen LogP contribution in [0.2, 0.25) is 0 Å². The van der Waals surface area contributed by atoms with Gasteiger partial charge in [-0.3, -0.25) is 0 Å². The number of carbonyl (C=O) groups excluding carboxylic acids is 2. The molecule has 0 unspecified atom stereocenters. The van der Waals surface area contributed by atoms with Crippen LogP contribution in [-0.4, -0.2) is 17.1 Å². The van der Waals surface area contributed by atoms with Gasteiger partial charge in [-0.25, -0.2) is 9.59 Å². The molecule has 1 amide bonds. The van der Waals surface area contributed by atoms with Crippen molar-refractivity contribution in [2.75, 3.05) is 0 Å². The predicted octanol–water partition coefficient (Wildman–Crippen LogP) is 3.23. The van der Waals surface area contributed by atoms with Crippen molar-refractivity contribution in [1.82, 2.24) is 5.06 Å². The maximum Gasteiger partial charge on any atom is 0.444 e. The Hall–Kier alpha value is -2.82. The van der Waals surface area contributed by atoms with Crippen LogP contribution >= 0.6 is 0 Å². The van der Waals surface area contributed by atoms with E-state index < -0.39 is 18.1 Å². The maximum absolute atomic E-state index is 12.2. The van der Waals surface area contributed by atoms with Gasteiger partial charge >= 0.3 is 12.1 Å². The lowest BCUT2D eigenvalue weighted by molar-refractivity contribution is -0.167. The quantitative estimate of drug-likeness (QED) is 0.872. The minimum atomic E-state index is -0.663. The van der Waals surface area contributed by atoms with Crippen LogP contribution < -0.4 is 0 Å². The first-order valence-corrected chi connectivity index (χ1v) is 6.99. The van der Waals surface area contributed by atoms with Gasteiger partial charge in [0.2, 0.25) is 0 Å². The first kappa shape index (κ1) is 14.1. The summed E-state index contributed by atoms with van der Waals surface area (Å²) < 4.78 is 5.22. The van der Waals surface area contributed by atoms with Gasteiger partial charge in [0.15, 0.2) is 0 Å². The Morgan fingerprint density at radius 3 is 2.41 bits per heavy atom. The third kappa shape index (κ3) is 3.09. The normalized spacial score (nSPS) is 17.2. The van der Waals surface area contributed by atoms with Gasteiger partial charge in [-0.2, -0.15) is 0 Å². The van der Waals surface area contributed by atoms with E-state index >= 15 is 0 Å². The van der Waals surface area contributed by atoms with Crippen LogP contribution in [-0.2, 0) is 21.0 Å². The van der Waals surface area contributed by atoms with E-state index in [1.807, 2.05) is 60.7 Å². The maximum atomic E-state index is 12.2. The third-order valence-electron chi connectivity index (χ3n) is 3.41. The smallest absolute Gasteiger partial charge is 0.442 e. The second-order valence-corrected chi connectivity index (χ2v) is 4.96. The highest BCUT2D eigenvalue weighted by Gasteiger charge is 2.38. The monoisotopic (exact) mass is 297 g/mol. The molecule has 5 nitrogen and oxygen atoms in total. The van der Waals surface area contributed by atoms with E-state index in [0.717, 1.165) is 16.2 Å². The fourth-order valence-electron chi connectivity index (χ4n) is 2.33. The highest BCUT2D eigenvalue weighted by molar-refractivity contribution is 5.78. The molecule has 112 valence electrons. The van der Waals surface area contributed by atoms with Crippen LogP contribution in [0.25, 0.3) is 0 Å². The van der Waals surface area contributed by atoms with Crippen molar-refractivity contribution in [3.8, 4) is 0 Å². The molecule has 1 saturated heterocycles. The first-order valence-electron chi connectivity index (χ1n) is 6.99. The molecule has 1 atom stereocenters. The molecule has 2 aromatic rings. The van der Waals surface area contributed by atoms with Crippen LogP contribution in [0.15, 0.2) is 60.7 Å². The Labute approximate surface area is 128 Å². The minimum absolute atomic E-state index is 0.129. The molecule has 0 N–H and O–H groups in total. The van der Waals surface area contributed by atoms with Crippen LogP contribution in [0.4, 0.5) is 4.79 Å². The van der Waals surface area contributed by atoms with E-state index in [9.17, 15) is 9.59 Å². The number of hydroxylamine groups is 2. The fraction of sp³-hybridized carbons (Fsp3) is 0.176. The Morgan fingerprint density at radius 1 is 1.09 bits per heavy atom. The molecule has 0 aliphatic carbocycles. The average molecular weight is 297 g/mol. The number of hydrogen-bond acceptors (Lipinski definition) is 4. The average Bonchev–Trinajstić information content (AvgIpc) is 2.96. The van der Waals surface area contributed by atoms with Gasteiger partial charge in [-0.1, -0.05) is 60.7 Å². The van der Waals surface area contributed by atoms with E-state index in [2.05, 4.69) is 0 Å². The third-order valence-corrected chi connectivity index (χ3v) is 3.41. The van der Waals surface area contributed by atoms with Crippen molar-refractivity contribution >= 4 is 12.1 Å². The lowest BCUT2D eigenvalue weighted by atomic mass is 10.1. The van der Waals surface area contributed by atoms with Crippen molar-refractivity contribution in [1.29, 1.82) is 0 Å². The van der Waals surface area contributed by atoms with Crippen molar-refractivity contribution in [3.05, 3.63) is 71.8 Å². The molecule has 0 saturated carbocycles. The number of nitrogens with zero attached hydrogens (tertiary/aromatic N) is 1. The summed E-state index contributed by atoms with van der Waals surface area (Å²) in [6, 6.07) is 18.2. The van der Waals surface area contributed by atoms with Gasteiger partial charge in [0.05, 0.1) is 6.42 Å². The molecular weight excluding hydrogens is 282 g/mol. The van der Waals surface area contributed by atoms with E-state index in [0.29, 0.717) is 0 Å². The molecule has 3 rings (SSSR count). The number of carbonyl (C=O) groups is 2. The summed E-state index contributed by atoms with van der Waals surface area (Å²) in [5.74, 6) is -0.439. The Balaban J connectivity index is 1.69. The second-order valence-electron chi connectivity index (χ2n) is 4.96. The van der Waals surface area contributed by atoms with E-state index in [1.165, 1.54) is 0 Å².